The smallest absolute Gasteiger partial charge is 0.220 e. The van der Waals surface area contributed by atoms with Gasteiger partial charge in [0.25, 0.3) is 0 Å². The summed E-state index contributed by atoms with van der Waals surface area (Å²) in [7, 11) is 0. The molecule has 7 nitrogen and oxygen atoms in total. The largest absolute Gasteiger partial charge is 0.350 e. The average molecular weight is 387 g/mol. The van der Waals surface area contributed by atoms with Crippen molar-refractivity contribution < 1.29 is 4.79 Å². The van der Waals surface area contributed by atoms with E-state index in [9.17, 15) is 4.79 Å². The second-order valence-electron chi connectivity index (χ2n) is 6.91. The number of carbonyl (C=O) groups is 1. The molecule has 1 aliphatic rings. The topological polar surface area (TPSA) is 67.5 Å². The Hall–Kier alpha value is -2.38. The molecule has 0 fully saturated rings. The second kappa shape index (κ2) is 7.32. The van der Waals surface area contributed by atoms with Crippen LogP contribution in [0.3, 0.4) is 0 Å². The van der Waals surface area contributed by atoms with Crippen LogP contribution in [-0.2, 0) is 31.0 Å². The van der Waals surface area contributed by atoms with Gasteiger partial charge in [-0.1, -0.05) is 18.5 Å². The van der Waals surface area contributed by atoms with Crippen LogP contribution in [0.1, 0.15) is 36.1 Å². The fourth-order valence-corrected chi connectivity index (χ4v) is 3.66. The summed E-state index contributed by atoms with van der Waals surface area (Å²) in [5.74, 6) is 0.0457. The lowest BCUT2D eigenvalue weighted by Crippen LogP contribution is -2.33. The molecule has 0 atom stereocenters. The summed E-state index contributed by atoms with van der Waals surface area (Å²) < 4.78 is 4.12. The minimum Gasteiger partial charge on any atom is -0.350 e. The zero-order valence-corrected chi connectivity index (χ0v) is 16.3. The third kappa shape index (κ3) is 3.70. The van der Waals surface area contributed by atoms with Crippen LogP contribution in [0.2, 0.25) is 5.02 Å². The number of nitrogens with zero attached hydrogens (tertiary/aromatic N) is 5. The first-order valence-electron chi connectivity index (χ1n) is 9.21. The number of hydrogen-bond donors (Lipinski definition) is 1. The fraction of sp³-hybridized carbons (Fsp3) is 0.421. The summed E-state index contributed by atoms with van der Waals surface area (Å²) in [6, 6.07) is 5.90. The molecule has 27 heavy (non-hydrogen) atoms. The van der Waals surface area contributed by atoms with E-state index in [2.05, 4.69) is 30.8 Å². The van der Waals surface area contributed by atoms with Gasteiger partial charge in [-0.05, 0) is 25.1 Å². The van der Waals surface area contributed by atoms with Crippen molar-refractivity contribution >= 4 is 23.2 Å². The Labute approximate surface area is 162 Å². The lowest BCUT2D eigenvalue weighted by Gasteiger charge is -2.27. The third-order valence-electron chi connectivity index (χ3n) is 4.97. The molecule has 1 amide bonds. The van der Waals surface area contributed by atoms with Gasteiger partial charge in [-0.2, -0.15) is 5.10 Å². The molecule has 1 aliphatic heterocycles. The Balaban J connectivity index is 1.49. The van der Waals surface area contributed by atoms with E-state index in [0.717, 1.165) is 48.9 Å². The van der Waals surface area contributed by atoms with Crippen LogP contribution in [0, 0.1) is 6.92 Å². The van der Waals surface area contributed by atoms with E-state index in [1.54, 1.807) is 0 Å². The molecule has 0 aliphatic carbocycles. The lowest BCUT2D eigenvalue weighted by atomic mass is 10.2. The maximum absolute atomic E-state index is 11.4. The van der Waals surface area contributed by atoms with Crippen molar-refractivity contribution in [2.75, 3.05) is 6.54 Å². The van der Waals surface area contributed by atoms with Crippen molar-refractivity contribution in [1.82, 2.24) is 29.4 Å². The van der Waals surface area contributed by atoms with Crippen LogP contribution in [0.25, 0.3) is 5.65 Å². The van der Waals surface area contributed by atoms with E-state index in [0.29, 0.717) is 18.0 Å². The summed E-state index contributed by atoms with van der Waals surface area (Å²) in [5, 5.41) is 8.20. The molecule has 0 aromatic carbocycles. The van der Waals surface area contributed by atoms with Crippen molar-refractivity contribution in [3.63, 3.8) is 0 Å². The number of imidazole rings is 1. The monoisotopic (exact) mass is 386 g/mol. The molecule has 4 rings (SSSR count). The number of amides is 1. The zero-order valence-electron chi connectivity index (χ0n) is 15.6. The molecule has 0 saturated carbocycles. The molecule has 3 aromatic heterocycles. The highest BCUT2D eigenvalue weighted by Crippen LogP contribution is 2.21. The quantitative estimate of drug-likeness (QED) is 0.731. The molecular weight excluding hydrogens is 364 g/mol. The van der Waals surface area contributed by atoms with E-state index in [-0.39, 0.29) is 5.91 Å². The Morgan fingerprint density at radius 3 is 3.00 bits per heavy atom. The van der Waals surface area contributed by atoms with Gasteiger partial charge in [-0.3, -0.25) is 14.4 Å². The van der Waals surface area contributed by atoms with Gasteiger partial charge in [0.15, 0.2) is 0 Å². The van der Waals surface area contributed by atoms with Gasteiger partial charge in [0.2, 0.25) is 5.91 Å². The first-order chi connectivity index (χ1) is 13.0. The molecule has 3 aromatic rings. The standard InChI is InChI=1S/C19H23ClN6O/c1-3-19(27)21-9-15-8-16-11-24(6-7-26(16)23-15)12-17-13(2)22-18-5-4-14(20)10-25(17)18/h4-5,8,10H,3,6-7,9,11-12H2,1-2H3,(H,21,27). The van der Waals surface area contributed by atoms with E-state index in [4.69, 9.17) is 11.6 Å². The summed E-state index contributed by atoms with van der Waals surface area (Å²) in [4.78, 5) is 18.5. The highest BCUT2D eigenvalue weighted by atomic mass is 35.5. The average Bonchev–Trinajstić information content (AvgIpc) is 3.20. The number of carbonyl (C=O) groups excluding carboxylic acids is 1. The number of fused-ring (bicyclic) bond motifs is 2. The van der Waals surface area contributed by atoms with Crippen LogP contribution in [-0.4, -0.2) is 36.5 Å². The molecule has 8 heteroatoms. The number of pyridine rings is 1. The molecule has 0 unspecified atom stereocenters. The van der Waals surface area contributed by atoms with Crippen molar-refractivity contribution in [1.29, 1.82) is 0 Å². The van der Waals surface area contributed by atoms with E-state index in [1.807, 2.05) is 36.9 Å². The van der Waals surface area contributed by atoms with Gasteiger partial charge in [0, 0.05) is 32.3 Å². The van der Waals surface area contributed by atoms with Crippen LogP contribution in [0.5, 0.6) is 0 Å². The van der Waals surface area contributed by atoms with Gasteiger partial charge < -0.3 is 9.72 Å². The number of rotatable bonds is 5. The third-order valence-corrected chi connectivity index (χ3v) is 5.19. The highest BCUT2D eigenvalue weighted by Gasteiger charge is 2.21. The van der Waals surface area contributed by atoms with Crippen LogP contribution in [0.4, 0.5) is 0 Å². The number of aryl methyl sites for hydroxylation is 1. The first kappa shape index (κ1) is 18.0. The van der Waals surface area contributed by atoms with Gasteiger partial charge in [-0.25, -0.2) is 4.98 Å². The fourth-order valence-electron chi connectivity index (χ4n) is 3.50. The SMILES string of the molecule is CCC(=O)NCc1cc2n(n1)CCN(Cc1c(C)nc3ccc(Cl)cn13)C2. The van der Waals surface area contributed by atoms with Crippen molar-refractivity contribution in [2.24, 2.45) is 0 Å². The summed E-state index contributed by atoms with van der Waals surface area (Å²) in [6.45, 7) is 7.76. The highest BCUT2D eigenvalue weighted by molar-refractivity contribution is 6.30. The lowest BCUT2D eigenvalue weighted by molar-refractivity contribution is -0.120. The Morgan fingerprint density at radius 1 is 1.33 bits per heavy atom. The molecule has 0 saturated heterocycles. The maximum atomic E-state index is 11.4. The molecule has 0 spiro atoms. The molecule has 142 valence electrons. The minimum absolute atomic E-state index is 0.0457. The Bertz CT molecular complexity index is 992. The number of nitrogens with one attached hydrogen (secondary N) is 1. The van der Waals surface area contributed by atoms with E-state index >= 15 is 0 Å². The molecule has 1 N–H and O–H groups in total. The number of hydrogen-bond acceptors (Lipinski definition) is 4. The van der Waals surface area contributed by atoms with Crippen LogP contribution >= 0.6 is 11.6 Å². The predicted octanol–water partition coefficient (Wildman–Crippen LogP) is 2.53. The van der Waals surface area contributed by atoms with Gasteiger partial charge in [0.1, 0.15) is 5.65 Å². The number of aromatic nitrogens is 4. The van der Waals surface area contributed by atoms with E-state index < -0.39 is 0 Å². The van der Waals surface area contributed by atoms with Gasteiger partial charge in [-0.15, -0.1) is 0 Å². The first-order valence-corrected chi connectivity index (χ1v) is 9.59. The minimum atomic E-state index is 0.0457. The molecule has 0 bridgehead atoms. The predicted molar refractivity (Wildman–Crippen MR) is 103 cm³/mol. The van der Waals surface area contributed by atoms with Crippen LogP contribution in [0.15, 0.2) is 24.4 Å². The molecule has 4 heterocycles. The number of halogens is 1. The Morgan fingerprint density at radius 2 is 2.19 bits per heavy atom. The maximum Gasteiger partial charge on any atom is 0.220 e. The van der Waals surface area contributed by atoms with Crippen molar-refractivity contribution in [2.45, 2.75) is 46.4 Å². The summed E-state index contributed by atoms with van der Waals surface area (Å²) in [6.07, 6.45) is 2.42. The van der Waals surface area contributed by atoms with E-state index in [1.165, 1.54) is 5.69 Å². The normalized spacial score (nSPS) is 14.5. The summed E-state index contributed by atoms with van der Waals surface area (Å²) in [5.41, 5.74) is 5.19. The van der Waals surface area contributed by atoms with Gasteiger partial charge >= 0.3 is 0 Å². The van der Waals surface area contributed by atoms with Gasteiger partial charge in [0.05, 0.1) is 40.9 Å². The molecular formula is C19H23ClN6O. The zero-order chi connectivity index (χ0) is 19.0. The second-order valence-corrected chi connectivity index (χ2v) is 7.35. The Kier molecular flexibility index (Phi) is 4.88. The van der Waals surface area contributed by atoms with Crippen LogP contribution < -0.4 is 5.32 Å². The summed E-state index contributed by atoms with van der Waals surface area (Å²) >= 11 is 6.17. The van der Waals surface area contributed by atoms with Crippen molar-refractivity contribution in [3.8, 4) is 0 Å². The van der Waals surface area contributed by atoms with Crippen molar-refractivity contribution in [3.05, 3.63) is 52.2 Å². The molecule has 0 radical (unpaired) electrons.